The van der Waals surface area contributed by atoms with Gasteiger partial charge in [-0.2, -0.15) is 5.26 Å². The first-order valence-corrected chi connectivity index (χ1v) is 17.9. The summed E-state index contributed by atoms with van der Waals surface area (Å²) in [5.74, 6) is 0. The van der Waals surface area contributed by atoms with E-state index in [9.17, 15) is 5.26 Å². The zero-order valence-corrected chi connectivity index (χ0v) is 28.0. The molecule has 0 atom stereocenters. The van der Waals surface area contributed by atoms with Crippen LogP contribution in [0, 0.1) is 11.3 Å². The van der Waals surface area contributed by atoms with E-state index in [1.807, 2.05) is 12.1 Å². The Morgan fingerprint density at radius 2 is 0.846 bits per heavy atom. The number of hydrogen-bond acceptors (Lipinski definition) is 1. The molecule has 0 N–H and O–H groups in total. The van der Waals surface area contributed by atoms with Gasteiger partial charge < -0.3 is 0 Å². The van der Waals surface area contributed by atoms with Gasteiger partial charge >= 0.3 is 0 Å². The molecular weight excluding hydrogens is 627 g/mol. The quantitative estimate of drug-likeness (QED) is 0.170. The highest BCUT2D eigenvalue weighted by molar-refractivity contribution is 6.46. The van der Waals surface area contributed by atoms with Crippen molar-refractivity contribution < 1.29 is 0 Å². The first kappa shape index (κ1) is 27.8. The summed E-state index contributed by atoms with van der Waals surface area (Å²) in [6.45, 7) is 0. The normalized spacial score (nSPS) is 12.2. The lowest BCUT2D eigenvalue weighted by Gasteiger charge is -2.19. The van der Waals surface area contributed by atoms with E-state index in [4.69, 9.17) is 0 Å². The van der Waals surface area contributed by atoms with Gasteiger partial charge in [-0.1, -0.05) is 140 Å². The first-order chi connectivity index (χ1) is 25.8. The van der Waals surface area contributed by atoms with Crippen LogP contribution in [0.5, 0.6) is 0 Å². The lowest BCUT2D eigenvalue weighted by Crippen LogP contribution is -1.91. The fraction of sp³-hybridized carbons (Fsp3) is 0. The maximum absolute atomic E-state index is 9.68. The van der Waals surface area contributed by atoms with E-state index >= 15 is 0 Å². The zero-order valence-electron chi connectivity index (χ0n) is 28.0. The molecule has 52 heavy (non-hydrogen) atoms. The topological polar surface area (TPSA) is 23.8 Å². The Balaban J connectivity index is 1.42. The van der Waals surface area contributed by atoms with Crippen molar-refractivity contribution in [2.75, 3.05) is 0 Å². The fourth-order valence-corrected chi connectivity index (χ4v) is 9.71. The number of nitrogens with zero attached hydrogens (tertiary/aromatic N) is 1. The summed E-state index contributed by atoms with van der Waals surface area (Å²) < 4.78 is 0. The summed E-state index contributed by atoms with van der Waals surface area (Å²) in [6, 6.07) is 62.5. The Kier molecular flexibility index (Phi) is 5.36. The van der Waals surface area contributed by atoms with Gasteiger partial charge in [0.15, 0.2) is 0 Å². The molecule has 0 saturated carbocycles. The van der Waals surface area contributed by atoms with Crippen LogP contribution in [0.25, 0.3) is 119 Å². The SMILES string of the molecule is N#Cc1ccc2c(ccc3cc4c5c(-c6ccccc6)c6cc7c8ccccc8c8cccc(c6c(-c6ccccc6)c5c5cccc(c32)c45)c87)c1. The molecule has 0 radical (unpaired) electrons. The van der Waals surface area contributed by atoms with Gasteiger partial charge in [0.25, 0.3) is 0 Å². The molecule has 12 aromatic carbocycles. The molecule has 12 aromatic rings. The van der Waals surface area contributed by atoms with E-state index in [0.717, 1.165) is 5.39 Å². The van der Waals surface area contributed by atoms with Crippen LogP contribution in [-0.2, 0) is 0 Å². The maximum Gasteiger partial charge on any atom is 0.0991 e. The van der Waals surface area contributed by atoms with Gasteiger partial charge in [0.05, 0.1) is 11.6 Å². The Labute approximate surface area is 298 Å². The molecule has 0 heterocycles. The van der Waals surface area contributed by atoms with Crippen molar-refractivity contribution in [1.29, 1.82) is 5.26 Å². The van der Waals surface area contributed by atoms with Crippen LogP contribution >= 0.6 is 0 Å². The number of nitriles is 1. The third-order valence-electron chi connectivity index (χ3n) is 11.7. The van der Waals surface area contributed by atoms with Crippen LogP contribution in [0.4, 0.5) is 0 Å². The molecule has 0 aliphatic rings. The lowest BCUT2D eigenvalue weighted by molar-refractivity contribution is 1.50. The van der Waals surface area contributed by atoms with Gasteiger partial charge in [0.2, 0.25) is 0 Å². The van der Waals surface area contributed by atoms with Gasteiger partial charge in [0, 0.05) is 0 Å². The Hall–Kier alpha value is -7.01. The van der Waals surface area contributed by atoms with Crippen LogP contribution in [0.3, 0.4) is 0 Å². The van der Waals surface area contributed by atoms with E-state index in [1.54, 1.807) is 0 Å². The molecule has 1 heteroatoms. The van der Waals surface area contributed by atoms with E-state index in [2.05, 4.69) is 158 Å². The average Bonchev–Trinajstić information content (AvgIpc) is 3.71. The van der Waals surface area contributed by atoms with Gasteiger partial charge in [-0.3, -0.25) is 0 Å². The van der Waals surface area contributed by atoms with Crippen LogP contribution in [-0.4, -0.2) is 0 Å². The van der Waals surface area contributed by atoms with Crippen LogP contribution < -0.4 is 0 Å². The first-order valence-electron chi connectivity index (χ1n) is 17.9. The molecule has 0 aliphatic heterocycles. The van der Waals surface area contributed by atoms with Crippen molar-refractivity contribution in [2.24, 2.45) is 0 Å². The van der Waals surface area contributed by atoms with Gasteiger partial charge in [-0.15, -0.1) is 0 Å². The maximum atomic E-state index is 9.68. The molecule has 0 saturated heterocycles. The largest absolute Gasteiger partial charge is 0.192 e. The second-order valence-electron chi connectivity index (χ2n) is 14.2. The Morgan fingerprint density at radius 1 is 0.288 bits per heavy atom. The summed E-state index contributed by atoms with van der Waals surface area (Å²) in [4.78, 5) is 0. The highest BCUT2D eigenvalue weighted by Gasteiger charge is 2.27. The number of fused-ring (bicyclic) bond motifs is 12. The molecule has 0 bridgehead atoms. The number of hydrogen-bond donors (Lipinski definition) is 0. The second kappa shape index (κ2) is 10.0. The van der Waals surface area contributed by atoms with Gasteiger partial charge in [-0.25, -0.2) is 0 Å². The van der Waals surface area contributed by atoms with E-state index in [-0.39, 0.29) is 0 Å². The van der Waals surface area contributed by atoms with Crippen molar-refractivity contribution in [1.82, 2.24) is 0 Å². The predicted molar refractivity (Wildman–Crippen MR) is 222 cm³/mol. The van der Waals surface area contributed by atoms with Gasteiger partial charge in [0.1, 0.15) is 0 Å². The number of benzene rings is 10. The van der Waals surface area contributed by atoms with E-state index in [1.165, 1.54) is 114 Å². The van der Waals surface area contributed by atoms with Crippen LogP contribution in [0.2, 0.25) is 0 Å². The lowest BCUT2D eigenvalue weighted by atomic mass is 9.84. The van der Waals surface area contributed by atoms with Crippen molar-refractivity contribution in [3.05, 3.63) is 169 Å². The number of rotatable bonds is 2. The molecule has 0 aromatic heterocycles. The van der Waals surface area contributed by atoms with E-state index < -0.39 is 0 Å². The Morgan fingerprint density at radius 3 is 1.58 bits per heavy atom. The van der Waals surface area contributed by atoms with Crippen LogP contribution in [0.1, 0.15) is 5.56 Å². The summed E-state index contributed by atoms with van der Waals surface area (Å²) in [5, 5.41) is 32.6. The average molecular weight is 654 g/mol. The molecule has 0 spiro atoms. The molecule has 12 rings (SSSR count). The third kappa shape index (κ3) is 3.46. The minimum absolute atomic E-state index is 0.683. The molecule has 0 fully saturated rings. The molecular formula is C51H27N. The summed E-state index contributed by atoms with van der Waals surface area (Å²) in [5.41, 5.74) is 5.71. The zero-order chi connectivity index (χ0) is 34.1. The minimum Gasteiger partial charge on any atom is -0.192 e. The van der Waals surface area contributed by atoms with Gasteiger partial charge in [-0.05, 0) is 143 Å². The van der Waals surface area contributed by atoms with Crippen molar-refractivity contribution in [2.45, 2.75) is 0 Å². The monoisotopic (exact) mass is 653 g/mol. The second-order valence-corrected chi connectivity index (χ2v) is 14.2. The molecule has 0 amide bonds. The predicted octanol–water partition coefficient (Wildman–Crippen LogP) is 14.1. The third-order valence-corrected chi connectivity index (χ3v) is 11.7. The minimum atomic E-state index is 0.683. The van der Waals surface area contributed by atoms with Crippen molar-refractivity contribution >= 4 is 97.0 Å². The van der Waals surface area contributed by atoms with Crippen molar-refractivity contribution in [3.63, 3.8) is 0 Å². The fourth-order valence-electron chi connectivity index (χ4n) is 9.71. The summed E-state index contributed by atoms with van der Waals surface area (Å²) >= 11 is 0. The molecule has 236 valence electrons. The molecule has 1 nitrogen and oxygen atoms in total. The van der Waals surface area contributed by atoms with E-state index in [0.29, 0.717) is 5.56 Å². The highest BCUT2D eigenvalue weighted by atomic mass is 14.3. The molecule has 0 aliphatic carbocycles. The summed E-state index contributed by atoms with van der Waals surface area (Å²) in [7, 11) is 0. The smallest absolute Gasteiger partial charge is 0.0991 e. The Bertz CT molecular complexity index is 3500. The highest BCUT2D eigenvalue weighted by Crippen LogP contribution is 2.55. The summed E-state index contributed by atoms with van der Waals surface area (Å²) in [6.07, 6.45) is 0. The van der Waals surface area contributed by atoms with Crippen molar-refractivity contribution in [3.8, 4) is 28.3 Å². The standard InChI is InChI=1S/C51H27N/c52-28-29-21-24-34-32(25-29)22-23-33-26-42-48-38(44(33)34)18-10-20-40(48)50-46(31-13-5-2-6-14-31)49-39-19-9-17-37-35-15-7-8-16-36(35)41(47(37)39)27-43(49)45(51(42)50)30-11-3-1-4-12-30/h1-27H. The molecule has 0 unspecified atom stereocenters. The van der Waals surface area contributed by atoms with Crippen LogP contribution in [0.15, 0.2) is 164 Å².